The fourth-order valence-electron chi connectivity index (χ4n) is 3.00. The van der Waals surface area contributed by atoms with E-state index in [0.717, 1.165) is 17.5 Å². The van der Waals surface area contributed by atoms with E-state index in [2.05, 4.69) is 68.9 Å². The molecule has 2 heterocycles. The van der Waals surface area contributed by atoms with E-state index in [4.69, 9.17) is 4.74 Å². The smallest absolute Gasteiger partial charge is 0.272 e. The molecular formula is C21H23IN4O2. The molecule has 6 nitrogen and oxygen atoms in total. The van der Waals surface area contributed by atoms with Gasteiger partial charge < -0.3 is 10.1 Å². The first-order chi connectivity index (χ1) is 13.6. The lowest BCUT2D eigenvalue weighted by molar-refractivity contribution is 0.0952. The number of carbonyl (C=O) groups excluding carboxylic acids is 1. The third-order valence-corrected chi connectivity index (χ3v) is 4.99. The highest BCUT2D eigenvalue weighted by Gasteiger charge is 2.18. The molecule has 0 fully saturated rings. The van der Waals surface area contributed by atoms with Crippen LogP contribution in [0.25, 0.3) is 0 Å². The van der Waals surface area contributed by atoms with Crippen molar-refractivity contribution in [3.63, 3.8) is 0 Å². The lowest BCUT2D eigenvalue weighted by atomic mass is 9.92. The summed E-state index contributed by atoms with van der Waals surface area (Å²) in [6.07, 6.45) is 12.7. The second-order valence-corrected chi connectivity index (χ2v) is 7.61. The van der Waals surface area contributed by atoms with Gasteiger partial charge in [0.1, 0.15) is 5.69 Å². The van der Waals surface area contributed by atoms with Crippen LogP contribution >= 0.6 is 22.6 Å². The summed E-state index contributed by atoms with van der Waals surface area (Å²) >= 11 is 2.33. The Morgan fingerprint density at radius 3 is 3.14 bits per heavy atom. The minimum Gasteiger partial charge on any atom is -0.478 e. The maximum absolute atomic E-state index is 12.0. The molecule has 1 aliphatic rings. The van der Waals surface area contributed by atoms with Crippen LogP contribution in [-0.2, 0) is 6.54 Å². The minimum absolute atomic E-state index is 0.210. The summed E-state index contributed by atoms with van der Waals surface area (Å²) in [6.45, 7) is 7.08. The van der Waals surface area contributed by atoms with Crippen molar-refractivity contribution in [3.8, 4) is 5.88 Å². The predicted octanol–water partition coefficient (Wildman–Crippen LogP) is 4.00. The average Bonchev–Trinajstić information content (AvgIpc) is 3.16. The first-order valence-electron chi connectivity index (χ1n) is 9.18. The van der Waals surface area contributed by atoms with E-state index in [-0.39, 0.29) is 11.8 Å². The van der Waals surface area contributed by atoms with Crippen LogP contribution in [0.4, 0.5) is 0 Å². The van der Waals surface area contributed by atoms with Crippen molar-refractivity contribution in [1.29, 1.82) is 0 Å². The molecule has 1 unspecified atom stereocenters. The van der Waals surface area contributed by atoms with Crippen molar-refractivity contribution >= 4 is 28.5 Å². The van der Waals surface area contributed by atoms with Crippen LogP contribution in [0, 0.1) is 0 Å². The molecule has 0 spiro atoms. The molecule has 1 amide bonds. The van der Waals surface area contributed by atoms with Gasteiger partial charge in [-0.05, 0) is 53.6 Å². The van der Waals surface area contributed by atoms with Crippen molar-refractivity contribution in [3.05, 3.63) is 75.8 Å². The van der Waals surface area contributed by atoms with Gasteiger partial charge in [0.05, 0.1) is 13.2 Å². The van der Waals surface area contributed by atoms with Gasteiger partial charge >= 0.3 is 0 Å². The third-order valence-electron chi connectivity index (χ3n) is 4.27. The Labute approximate surface area is 178 Å². The molecule has 0 saturated carbocycles. The second kappa shape index (κ2) is 9.68. The van der Waals surface area contributed by atoms with E-state index in [1.165, 1.54) is 3.58 Å². The molecule has 7 heteroatoms. The predicted molar refractivity (Wildman–Crippen MR) is 118 cm³/mol. The van der Waals surface area contributed by atoms with Gasteiger partial charge in [0.2, 0.25) is 5.88 Å². The maximum Gasteiger partial charge on any atom is 0.272 e. The fraction of sp³-hybridized carbons (Fsp3) is 0.286. The summed E-state index contributed by atoms with van der Waals surface area (Å²) in [4.78, 5) is 16.5. The molecule has 3 rings (SSSR count). The van der Waals surface area contributed by atoms with Gasteiger partial charge in [-0.15, -0.1) is 6.58 Å². The molecule has 1 N–H and O–H groups in total. The summed E-state index contributed by atoms with van der Waals surface area (Å²) in [5.41, 5.74) is 2.47. The van der Waals surface area contributed by atoms with E-state index >= 15 is 0 Å². The van der Waals surface area contributed by atoms with E-state index in [1.807, 2.05) is 6.92 Å². The number of allylic oxidation sites excluding steroid dienone is 4. The van der Waals surface area contributed by atoms with E-state index in [0.29, 0.717) is 31.3 Å². The zero-order valence-electron chi connectivity index (χ0n) is 15.8. The number of nitrogens with zero attached hydrogens (tertiary/aromatic N) is 3. The SMILES string of the molecule is C=CCNC(=O)c1ccn(Cc2cnc(OCC)c(C3C=C(I)C=CC3)c2)n1. The summed E-state index contributed by atoms with van der Waals surface area (Å²) < 4.78 is 8.71. The Kier molecular flexibility index (Phi) is 7.02. The number of carbonyl (C=O) groups is 1. The van der Waals surface area contributed by atoms with Crippen molar-refractivity contribution < 1.29 is 9.53 Å². The topological polar surface area (TPSA) is 69.0 Å². The van der Waals surface area contributed by atoms with Crippen LogP contribution in [0.1, 0.15) is 40.9 Å². The molecule has 146 valence electrons. The fourth-order valence-corrected chi connectivity index (χ4v) is 3.69. The number of rotatable bonds is 8. The molecular weight excluding hydrogens is 467 g/mol. The summed E-state index contributed by atoms with van der Waals surface area (Å²) in [6, 6.07) is 3.83. The van der Waals surface area contributed by atoms with Gasteiger partial charge in [0.15, 0.2) is 0 Å². The monoisotopic (exact) mass is 490 g/mol. The first-order valence-corrected chi connectivity index (χ1v) is 10.3. The van der Waals surface area contributed by atoms with E-state index in [9.17, 15) is 4.79 Å². The number of pyridine rings is 1. The minimum atomic E-state index is -0.210. The number of aromatic nitrogens is 3. The Morgan fingerprint density at radius 1 is 1.54 bits per heavy atom. The molecule has 0 aliphatic heterocycles. The van der Waals surface area contributed by atoms with Crippen LogP contribution < -0.4 is 10.1 Å². The normalized spacial score (nSPS) is 15.8. The molecule has 0 radical (unpaired) electrons. The number of ether oxygens (including phenoxy) is 1. The van der Waals surface area contributed by atoms with Crippen LogP contribution in [-0.4, -0.2) is 33.8 Å². The molecule has 0 bridgehead atoms. The van der Waals surface area contributed by atoms with E-state index in [1.54, 1.807) is 29.2 Å². The van der Waals surface area contributed by atoms with Crippen molar-refractivity contribution in [2.75, 3.05) is 13.2 Å². The van der Waals surface area contributed by atoms with Crippen molar-refractivity contribution in [2.24, 2.45) is 0 Å². The van der Waals surface area contributed by atoms with Crippen LogP contribution in [0.5, 0.6) is 5.88 Å². The Bertz CT molecular complexity index is 917. The van der Waals surface area contributed by atoms with E-state index < -0.39 is 0 Å². The van der Waals surface area contributed by atoms with Crippen LogP contribution in [0.3, 0.4) is 0 Å². The van der Waals surface area contributed by atoms with Crippen LogP contribution in [0.15, 0.2) is 59.0 Å². The van der Waals surface area contributed by atoms with Gasteiger partial charge in [-0.2, -0.15) is 5.10 Å². The summed E-state index contributed by atoms with van der Waals surface area (Å²) in [5, 5.41) is 7.09. The Hall–Kier alpha value is -2.42. The van der Waals surface area contributed by atoms with Crippen molar-refractivity contribution in [2.45, 2.75) is 25.8 Å². The number of nitrogens with one attached hydrogen (secondary N) is 1. The highest BCUT2D eigenvalue weighted by atomic mass is 127. The standard InChI is InChI=1S/C21H23IN4O2/c1-3-9-23-20(27)19-8-10-26(25-19)14-15-11-18(21(24-13-15)28-4-2)16-6-5-7-17(22)12-16/h3,5,7-8,10-13,16H,1,4,6,9,14H2,2H3,(H,23,27). The van der Waals surface area contributed by atoms with Gasteiger partial charge in [0.25, 0.3) is 5.91 Å². The molecule has 2 aromatic heterocycles. The lowest BCUT2D eigenvalue weighted by Crippen LogP contribution is -2.23. The van der Waals surface area contributed by atoms with Gasteiger partial charge in [-0.1, -0.05) is 24.3 Å². The molecule has 28 heavy (non-hydrogen) atoms. The van der Waals surface area contributed by atoms with Crippen molar-refractivity contribution in [1.82, 2.24) is 20.1 Å². The van der Waals surface area contributed by atoms with Crippen LogP contribution in [0.2, 0.25) is 0 Å². The zero-order chi connectivity index (χ0) is 19.9. The van der Waals surface area contributed by atoms with Gasteiger partial charge in [-0.25, -0.2) is 4.98 Å². The summed E-state index contributed by atoms with van der Waals surface area (Å²) in [5.74, 6) is 0.707. The Balaban J connectivity index is 1.80. The third kappa shape index (κ3) is 5.09. The summed E-state index contributed by atoms with van der Waals surface area (Å²) in [7, 11) is 0. The number of hydrogen-bond acceptors (Lipinski definition) is 4. The molecule has 0 saturated heterocycles. The number of hydrogen-bond donors (Lipinski definition) is 1. The quantitative estimate of drug-likeness (QED) is 0.449. The highest BCUT2D eigenvalue weighted by Crippen LogP contribution is 2.34. The average molecular weight is 490 g/mol. The molecule has 1 aliphatic carbocycles. The van der Waals surface area contributed by atoms with Gasteiger partial charge in [-0.3, -0.25) is 9.48 Å². The first kappa shape index (κ1) is 20.3. The number of amides is 1. The Morgan fingerprint density at radius 2 is 2.39 bits per heavy atom. The molecule has 2 aromatic rings. The zero-order valence-corrected chi connectivity index (χ0v) is 17.9. The highest BCUT2D eigenvalue weighted by molar-refractivity contribution is 14.1. The number of halogens is 1. The molecule has 0 aromatic carbocycles. The maximum atomic E-state index is 12.0. The molecule has 1 atom stereocenters. The second-order valence-electron chi connectivity index (χ2n) is 6.36. The lowest BCUT2D eigenvalue weighted by Gasteiger charge is -2.19. The van der Waals surface area contributed by atoms with Gasteiger partial charge in [0, 0.05) is 34.0 Å². The largest absolute Gasteiger partial charge is 0.478 e.